The maximum Gasteiger partial charge on any atom is 0.133 e. The summed E-state index contributed by atoms with van der Waals surface area (Å²) in [5.41, 5.74) is 2.19. The summed E-state index contributed by atoms with van der Waals surface area (Å²) in [6, 6.07) is 0. The van der Waals surface area contributed by atoms with Crippen molar-refractivity contribution in [1.82, 2.24) is 0 Å². The fourth-order valence-electron chi connectivity index (χ4n) is 7.52. The Morgan fingerprint density at radius 1 is 1.08 bits per heavy atom. The molecule has 0 aromatic rings. The van der Waals surface area contributed by atoms with Crippen LogP contribution in [-0.2, 0) is 4.79 Å². The molecule has 0 aromatic heterocycles. The molecule has 0 bridgehead atoms. The number of ketones is 1. The molecule has 0 unspecified atom stereocenters. The van der Waals surface area contributed by atoms with Crippen LogP contribution in [0.3, 0.4) is 0 Å². The summed E-state index contributed by atoms with van der Waals surface area (Å²) < 4.78 is 0. The van der Waals surface area contributed by atoms with Gasteiger partial charge >= 0.3 is 0 Å². The van der Waals surface area contributed by atoms with Gasteiger partial charge in [0, 0.05) is 12.8 Å². The third-order valence-electron chi connectivity index (χ3n) is 8.88. The van der Waals surface area contributed by atoms with Crippen LogP contribution in [0.25, 0.3) is 0 Å². The Hall–Kier alpha value is -0.630. The number of carbonyl (C=O) groups is 1. The first-order chi connectivity index (χ1) is 11.4. The predicted molar refractivity (Wildman–Crippen MR) is 96.5 cm³/mol. The van der Waals surface area contributed by atoms with E-state index in [0.717, 1.165) is 43.4 Å². The van der Waals surface area contributed by atoms with E-state index in [0.29, 0.717) is 17.1 Å². The van der Waals surface area contributed by atoms with Gasteiger partial charge in [0.25, 0.3) is 0 Å². The summed E-state index contributed by atoms with van der Waals surface area (Å²) >= 11 is 0. The zero-order valence-corrected chi connectivity index (χ0v) is 15.7. The number of aliphatic hydroxyl groups excluding tert-OH is 1. The van der Waals surface area contributed by atoms with Crippen LogP contribution in [0, 0.1) is 34.5 Å². The molecule has 4 aliphatic rings. The highest BCUT2D eigenvalue weighted by Crippen LogP contribution is 2.66. The van der Waals surface area contributed by atoms with Crippen molar-refractivity contribution in [1.29, 1.82) is 0 Å². The van der Waals surface area contributed by atoms with E-state index in [-0.39, 0.29) is 11.5 Å². The number of hydrogen-bond donors (Lipinski definition) is 1. The average Bonchev–Trinajstić information content (AvgIpc) is 2.81. The van der Waals surface area contributed by atoms with E-state index in [1.165, 1.54) is 32.1 Å². The molecule has 4 rings (SSSR count). The van der Waals surface area contributed by atoms with Crippen molar-refractivity contribution in [2.75, 3.05) is 0 Å². The number of fused-ring (bicyclic) bond motifs is 5. The molecule has 0 aliphatic heterocycles. The van der Waals surface area contributed by atoms with Crippen molar-refractivity contribution in [3.05, 3.63) is 11.6 Å². The Balaban J connectivity index is 1.66. The van der Waals surface area contributed by atoms with Gasteiger partial charge in [-0.3, -0.25) is 4.79 Å². The fraction of sp³-hybridized carbons (Fsp3) is 0.864. The number of rotatable bonds is 1. The molecular formula is C22H34O2. The zero-order chi connectivity index (χ0) is 17.1. The Morgan fingerprint density at radius 3 is 2.62 bits per heavy atom. The van der Waals surface area contributed by atoms with Crippen molar-refractivity contribution in [2.45, 2.75) is 84.7 Å². The number of hydrogen-bond acceptors (Lipinski definition) is 2. The van der Waals surface area contributed by atoms with E-state index in [9.17, 15) is 9.90 Å². The van der Waals surface area contributed by atoms with Crippen LogP contribution in [0.15, 0.2) is 11.6 Å². The Morgan fingerprint density at radius 2 is 1.88 bits per heavy atom. The Kier molecular flexibility index (Phi) is 3.99. The minimum absolute atomic E-state index is 0.169. The van der Waals surface area contributed by atoms with Crippen LogP contribution in [0.4, 0.5) is 0 Å². The molecule has 3 fully saturated rings. The first-order valence-electron chi connectivity index (χ1n) is 10.3. The van der Waals surface area contributed by atoms with Crippen LogP contribution in [-0.4, -0.2) is 17.0 Å². The molecule has 0 amide bonds. The van der Waals surface area contributed by atoms with E-state index in [1.54, 1.807) is 5.57 Å². The topological polar surface area (TPSA) is 37.3 Å². The summed E-state index contributed by atoms with van der Waals surface area (Å²) in [5.74, 6) is 3.25. The Bertz CT molecular complexity index is 562. The minimum atomic E-state index is -0.169. The van der Waals surface area contributed by atoms with Gasteiger partial charge in [0.15, 0.2) is 0 Å². The molecule has 0 heterocycles. The summed E-state index contributed by atoms with van der Waals surface area (Å²) in [4.78, 5) is 12.0. The quantitative estimate of drug-likeness (QED) is 0.694. The third-order valence-corrected chi connectivity index (χ3v) is 8.88. The van der Waals surface area contributed by atoms with Gasteiger partial charge in [-0.2, -0.15) is 0 Å². The molecule has 134 valence electrons. The van der Waals surface area contributed by atoms with Gasteiger partial charge in [-0.05, 0) is 86.4 Å². The van der Waals surface area contributed by atoms with Gasteiger partial charge in [-0.15, -0.1) is 0 Å². The highest BCUT2D eigenvalue weighted by molar-refractivity contribution is 5.79. The van der Waals surface area contributed by atoms with Crippen LogP contribution < -0.4 is 0 Å². The molecule has 24 heavy (non-hydrogen) atoms. The summed E-state index contributed by atoms with van der Waals surface area (Å²) in [5, 5.41) is 10.3. The second-order valence-corrected chi connectivity index (χ2v) is 9.77. The van der Waals surface area contributed by atoms with Crippen molar-refractivity contribution in [3.63, 3.8) is 0 Å². The summed E-state index contributed by atoms with van der Waals surface area (Å²) in [7, 11) is 0. The smallest absolute Gasteiger partial charge is 0.133 e. The number of aliphatic hydroxyl groups is 1. The van der Waals surface area contributed by atoms with Crippen LogP contribution in [0.2, 0.25) is 0 Å². The SMILES string of the molecule is C[C@@H](O)[C@H]1CC[C@H]2[C@@H]3CC=C4CCC(=O)CC[C@]4(C)[C@H]3CC[C@]12C. The van der Waals surface area contributed by atoms with Crippen molar-refractivity contribution >= 4 is 5.78 Å². The normalized spacial score (nSPS) is 49.5. The molecule has 0 spiro atoms. The molecule has 2 nitrogen and oxygen atoms in total. The van der Waals surface area contributed by atoms with Crippen LogP contribution in [0.1, 0.15) is 78.6 Å². The second-order valence-electron chi connectivity index (χ2n) is 9.77. The van der Waals surface area contributed by atoms with E-state index in [2.05, 4.69) is 19.9 Å². The predicted octanol–water partition coefficient (Wildman–Crippen LogP) is 4.91. The lowest BCUT2D eigenvalue weighted by atomic mass is 9.48. The molecule has 1 N–H and O–H groups in total. The summed E-state index contributed by atoms with van der Waals surface area (Å²) in [6.07, 6.45) is 12.3. The van der Waals surface area contributed by atoms with E-state index in [4.69, 9.17) is 0 Å². The molecule has 0 radical (unpaired) electrons. The average molecular weight is 331 g/mol. The number of Topliss-reactive ketones (excluding diaryl/α,β-unsaturated/α-hetero) is 1. The fourth-order valence-corrected chi connectivity index (χ4v) is 7.52. The van der Waals surface area contributed by atoms with E-state index >= 15 is 0 Å². The van der Waals surface area contributed by atoms with Gasteiger partial charge in [-0.25, -0.2) is 0 Å². The van der Waals surface area contributed by atoms with Crippen LogP contribution >= 0.6 is 0 Å². The molecule has 7 atom stereocenters. The lowest BCUT2D eigenvalue weighted by molar-refractivity contribution is -0.119. The van der Waals surface area contributed by atoms with Crippen molar-refractivity contribution < 1.29 is 9.90 Å². The third kappa shape index (κ3) is 2.28. The maximum absolute atomic E-state index is 12.0. The first kappa shape index (κ1) is 16.8. The standard InChI is InChI=1S/C22H34O2/c1-14(23)18-8-9-19-17-7-5-15-4-6-16(24)10-12-21(15,2)20(17)11-13-22(18,19)3/h5,14,17-20,23H,4,6-13H2,1-3H3/t14-,17+,18-,19+,20+,21+,22-/m1/s1. The van der Waals surface area contributed by atoms with E-state index in [1.807, 2.05) is 6.92 Å². The van der Waals surface area contributed by atoms with Gasteiger partial charge in [0.2, 0.25) is 0 Å². The van der Waals surface area contributed by atoms with Crippen molar-refractivity contribution in [2.24, 2.45) is 34.5 Å². The molecular weight excluding hydrogens is 296 g/mol. The van der Waals surface area contributed by atoms with Gasteiger partial charge in [0.1, 0.15) is 5.78 Å². The highest BCUT2D eigenvalue weighted by Gasteiger charge is 2.58. The molecule has 0 aromatic carbocycles. The van der Waals surface area contributed by atoms with Gasteiger partial charge in [0.05, 0.1) is 6.10 Å². The molecule has 3 saturated carbocycles. The molecule has 4 aliphatic carbocycles. The molecule has 2 heteroatoms. The van der Waals surface area contributed by atoms with E-state index < -0.39 is 0 Å². The monoisotopic (exact) mass is 330 g/mol. The van der Waals surface area contributed by atoms with Crippen molar-refractivity contribution in [3.8, 4) is 0 Å². The number of allylic oxidation sites excluding steroid dienone is 2. The summed E-state index contributed by atoms with van der Waals surface area (Å²) in [6.45, 7) is 6.94. The van der Waals surface area contributed by atoms with Gasteiger partial charge in [-0.1, -0.05) is 25.5 Å². The lowest BCUT2D eigenvalue weighted by Gasteiger charge is -2.56. The first-order valence-corrected chi connectivity index (χ1v) is 10.3. The second kappa shape index (κ2) is 5.69. The zero-order valence-electron chi connectivity index (χ0n) is 15.7. The number of carbonyl (C=O) groups excluding carboxylic acids is 1. The lowest BCUT2D eigenvalue weighted by Crippen LogP contribution is -2.49. The molecule has 0 saturated heterocycles. The maximum atomic E-state index is 12.0. The van der Waals surface area contributed by atoms with Gasteiger partial charge < -0.3 is 5.11 Å². The highest BCUT2D eigenvalue weighted by atomic mass is 16.3. The largest absolute Gasteiger partial charge is 0.393 e. The minimum Gasteiger partial charge on any atom is -0.393 e. The Labute approximate surface area is 147 Å². The van der Waals surface area contributed by atoms with Crippen LogP contribution in [0.5, 0.6) is 0 Å².